The molecular weight excluding hydrogens is 372 g/mol. The van der Waals surface area contributed by atoms with Gasteiger partial charge in [0.1, 0.15) is 5.76 Å². The molecule has 0 aromatic heterocycles. The number of aliphatic hydroxyl groups is 1. The van der Waals surface area contributed by atoms with Gasteiger partial charge in [-0.2, -0.15) is 0 Å². The molecule has 3 aromatic rings. The van der Waals surface area contributed by atoms with E-state index in [1.165, 1.54) is 0 Å². The van der Waals surface area contributed by atoms with Crippen molar-refractivity contribution in [3.8, 4) is 0 Å². The van der Waals surface area contributed by atoms with E-state index in [-0.39, 0.29) is 17.0 Å². The number of anilines is 1. The number of rotatable bonds is 3. The summed E-state index contributed by atoms with van der Waals surface area (Å²) in [7, 11) is 0. The van der Waals surface area contributed by atoms with Crippen molar-refractivity contribution in [1.29, 1.82) is 0 Å². The van der Waals surface area contributed by atoms with Crippen LogP contribution in [0, 0.1) is 5.41 Å². The number of hydrogen-bond acceptors (Lipinski definition) is 4. The minimum Gasteiger partial charge on any atom is -0.511 e. The second kappa shape index (κ2) is 7.79. The quantitative estimate of drug-likeness (QED) is 0.326. The summed E-state index contributed by atoms with van der Waals surface area (Å²) in [5.74, 6) is 0.0271. The Morgan fingerprint density at radius 2 is 1.70 bits per heavy atom. The molecule has 0 atom stereocenters. The molecule has 1 fully saturated rings. The van der Waals surface area contributed by atoms with Crippen LogP contribution in [0.2, 0.25) is 0 Å². The van der Waals surface area contributed by atoms with E-state index in [2.05, 4.69) is 13.8 Å². The highest BCUT2D eigenvalue weighted by molar-refractivity contribution is 6.25. The summed E-state index contributed by atoms with van der Waals surface area (Å²) in [5.41, 5.74) is 8.95. The van der Waals surface area contributed by atoms with Gasteiger partial charge in [0.2, 0.25) is 0 Å². The monoisotopic (exact) mass is 398 g/mol. The van der Waals surface area contributed by atoms with Crippen LogP contribution in [0.1, 0.15) is 32.3 Å². The number of fused-ring (bicyclic) bond motifs is 1. The standard InChI is InChI=1S/C26H26N2O2/c1-26(2)15-22(28-20-12-10-19(27)11-13-20)25(24(30)16-26)23(29)14-18-8-5-7-17-6-3-4-9-21(17)18/h3-13,29H,14-16,27H2,1-2H3. The molecule has 0 unspecified atom stereocenters. The van der Waals surface area contributed by atoms with E-state index < -0.39 is 0 Å². The molecule has 3 aromatic carbocycles. The summed E-state index contributed by atoms with van der Waals surface area (Å²) in [6, 6.07) is 21.3. The third-order valence-electron chi connectivity index (χ3n) is 5.54. The maximum Gasteiger partial charge on any atom is 0.168 e. The van der Waals surface area contributed by atoms with E-state index in [4.69, 9.17) is 10.7 Å². The third-order valence-corrected chi connectivity index (χ3v) is 5.54. The number of aliphatic imine (C=N–C) groups is 1. The number of benzene rings is 3. The van der Waals surface area contributed by atoms with Crippen molar-refractivity contribution in [2.24, 2.45) is 10.4 Å². The third kappa shape index (κ3) is 4.13. The molecule has 1 saturated carbocycles. The first-order valence-electron chi connectivity index (χ1n) is 10.2. The average molecular weight is 399 g/mol. The summed E-state index contributed by atoms with van der Waals surface area (Å²) in [6.07, 6.45) is 1.31. The van der Waals surface area contributed by atoms with Gasteiger partial charge in [-0.3, -0.25) is 9.79 Å². The van der Waals surface area contributed by atoms with Gasteiger partial charge in [-0.15, -0.1) is 0 Å². The van der Waals surface area contributed by atoms with Crippen LogP contribution in [0.5, 0.6) is 0 Å². The van der Waals surface area contributed by atoms with Gasteiger partial charge in [0.25, 0.3) is 0 Å². The van der Waals surface area contributed by atoms with Crippen molar-refractivity contribution >= 4 is 33.6 Å². The van der Waals surface area contributed by atoms with Crippen molar-refractivity contribution in [2.75, 3.05) is 5.73 Å². The molecular formula is C26H26N2O2. The summed E-state index contributed by atoms with van der Waals surface area (Å²) in [6.45, 7) is 4.11. The van der Waals surface area contributed by atoms with Gasteiger partial charge in [0.05, 0.1) is 17.0 Å². The lowest BCUT2D eigenvalue weighted by atomic mass is 9.73. The first kappa shape index (κ1) is 19.9. The number of aliphatic hydroxyl groups excluding tert-OH is 1. The van der Waals surface area contributed by atoms with Gasteiger partial charge in [-0.05, 0) is 52.4 Å². The molecule has 0 amide bonds. The van der Waals surface area contributed by atoms with Gasteiger partial charge < -0.3 is 10.8 Å². The molecule has 0 aliphatic heterocycles. The Kier molecular flexibility index (Phi) is 5.17. The first-order valence-corrected chi connectivity index (χ1v) is 10.2. The molecule has 0 heterocycles. The van der Waals surface area contributed by atoms with Crippen LogP contribution in [-0.2, 0) is 11.2 Å². The van der Waals surface area contributed by atoms with E-state index >= 15 is 0 Å². The van der Waals surface area contributed by atoms with Gasteiger partial charge in [-0.1, -0.05) is 56.3 Å². The van der Waals surface area contributed by atoms with E-state index in [9.17, 15) is 9.90 Å². The predicted molar refractivity (Wildman–Crippen MR) is 123 cm³/mol. The maximum atomic E-state index is 13.0. The number of carbonyl (C=O) groups excluding carboxylic acids is 1. The molecule has 0 bridgehead atoms. The Morgan fingerprint density at radius 3 is 2.47 bits per heavy atom. The average Bonchev–Trinajstić information content (AvgIpc) is 2.69. The molecule has 0 radical (unpaired) electrons. The molecule has 3 N–H and O–H groups in total. The zero-order chi connectivity index (χ0) is 21.3. The van der Waals surface area contributed by atoms with Gasteiger partial charge in [-0.25, -0.2) is 0 Å². The number of Topliss-reactive ketones (excluding diaryl/α,β-unsaturated/α-hetero) is 1. The van der Waals surface area contributed by atoms with Crippen LogP contribution in [0.3, 0.4) is 0 Å². The Balaban J connectivity index is 1.78. The second-order valence-corrected chi connectivity index (χ2v) is 8.73. The van der Waals surface area contributed by atoms with E-state index in [1.807, 2.05) is 54.6 Å². The first-order chi connectivity index (χ1) is 14.3. The number of carbonyl (C=O) groups is 1. The van der Waals surface area contributed by atoms with E-state index in [1.54, 1.807) is 12.1 Å². The van der Waals surface area contributed by atoms with Crippen molar-refractivity contribution < 1.29 is 9.90 Å². The second-order valence-electron chi connectivity index (χ2n) is 8.73. The summed E-state index contributed by atoms with van der Waals surface area (Å²) >= 11 is 0. The minimum absolute atomic E-state index is 0.0572. The van der Waals surface area contributed by atoms with Crippen molar-refractivity contribution in [2.45, 2.75) is 33.1 Å². The number of allylic oxidation sites excluding steroid dienone is 2. The molecule has 4 rings (SSSR count). The molecule has 4 heteroatoms. The molecule has 4 nitrogen and oxygen atoms in total. The maximum absolute atomic E-state index is 13.0. The number of nitrogens with zero attached hydrogens (tertiary/aromatic N) is 1. The van der Waals surface area contributed by atoms with Gasteiger partial charge in [0.15, 0.2) is 5.78 Å². The van der Waals surface area contributed by atoms with E-state index in [0.717, 1.165) is 22.0 Å². The summed E-state index contributed by atoms with van der Waals surface area (Å²) < 4.78 is 0. The molecule has 0 spiro atoms. The van der Waals surface area contributed by atoms with Crippen LogP contribution >= 0.6 is 0 Å². The number of nitrogen functional groups attached to an aromatic ring is 1. The molecule has 152 valence electrons. The predicted octanol–water partition coefficient (Wildman–Crippen LogP) is 5.94. The van der Waals surface area contributed by atoms with Crippen LogP contribution in [0.25, 0.3) is 10.8 Å². The van der Waals surface area contributed by atoms with Crippen molar-refractivity contribution in [3.05, 3.63) is 83.6 Å². The van der Waals surface area contributed by atoms with Crippen molar-refractivity contribution in [3.63, 3.8) is 0 Å². The normalized spacial score (nSPS) is 19.3. The fourth-order valence-electron chi connectivity index (χ4n) is 4.13. The topological polar surface area (TPSA) is 75.7 Å². The lowest BCUT2D eigenvalue weighted by molar-refractivity contribution is -0.117. The van der Waals surface area contributed by atoms with Crippen LogP contribution in [-0.4, -0.2) is 16.6 Å². The lowest BCUT2D eigenvalue weighted by Crippen LogP contribution is -2.32. The van der Waals surface area contributed by atoms with Gasteiger partial charge in [0, 0.05) is 18.5 Å². The summed E-state index contributed by atoms with van der Waals surface area (Å²) in [4.78, 5) is 17.8. The number of ketones is 1. The number of nitrogens with two attached hydrogens (primary N) is 1. The molecule has 30 heavy (non-hydrogen) atoms. The fraction of sp³-hybridized carbons (Fsp3) is 0.231. The Hall–Kier alpha value is -3.40. The largest absolute Gasteiger partial charge is 0.511 e. The zero-order valence-electron chi connectivity index (χ0n) is 17.4. The van der Waals surface area contributed by atoms with Crippen LogP contribution in [0.15, 0.2) is 83.1 Å². The highest BCUT2D eigenvalue weighted by Crippen LogP contribution is 2.37. The highest BCUT2D eigenvalue weighted by Gasteiger charge is 2.36. The Labute approximate surface area is 176 Å². The highest BCUT2D eigenvalue weighted by atomic mass is 16.3. The Bertz CT molecular complexity index is 1170. The molecule has 0 saturated heterocycles. The SMILES string of the molecule is CC1(C)CC(=O)C(=C(O)Cc2cccc3ccccc23)C(=Nc2ccc(N)cc2)C1. The minimum atomic E-state index is -0.201. The van der Waals surface area contributed by atoms with Crippen LogP contribution in [0.4, 0.5) is 11.4 Å². The van der Waals surface area contributed by atoms with Crippen LogP contribution < -0.4 is 5.73 Å². The van der Waals surface area contributed by atoms with E-state index in [0.29, 0.717) is 36.2 Å². The van der Waals surface area contributed by atoms with Gasteiger partial charge >= 0.3 is 0 Å². The zero-order valence-corrected chi connectivity index (χ0v) is 17.4. The van der Waals surface area contributed by atoms with Crippen molar-refractivity contribution in [1.82, 2.24) is 0 Å². The number of hydrogen-bond donors (Lipinski definition) is 2. The summed E-state index contributed by atoms with van der Waals surface area (Å²) in [5, 5.41) is 13.3. The molecule has 1 aliphatic rings. The smallest absolute Gasteiger partial charge is 0.168 e. The molecule has 1 aliphatic carbocycles. The fourth-order valence-corrected chi connectivity index (χ4v) is 4.13. The Morgan fingerprint density at radius 1 is 1.00 bits per heavy atom. The lowest BCUT2D eigenvalue weighted by Gasteiger charge is -2.31.